The predicted molar refractivity (Wildman–Crippen MR) is 92.7 cm³/mol. The molecule has 0 N–H and O–H groups in total. The molecule has 0 bridgehead atoms. The molecule has 2 aromatic rings. The van der Waals surface area contributed by atoms with E-state index in [1.807, 2.05) is 30.8 Å². The smallest absolute Gasteiger partial charge is 0.270 e. The van der Waals surface area contributed by atoms with Gasteiger partial charge in [0.05, 0.1) is 10.7 Å². The number of nitrogens with zero attached hydrogens (tertiary/aromatic N) is 3. The van der Waals surface area contributed by atoms with E-state index in [-0.39, 0.29) is 5.91 Å². The number of hydrogen-bond acceptors (Lipinski definition) is 3. The number of thiazole rings is 1. The van der Waals surface area contributed by atoms with Crippen LogP contribution in [-0.2, 0) is 7.05 Å². The van der Waals surface area contributed by atoms with E-state index in [0.29, 0.717) is 12.1 Å². The van der Waals surface area contributed by atoms with Crippen LogP contribution in [0.2, 0.25) is 0 Å². The van der Waals surface area contributed by atoms with Crippen molar-refractivity contribution in [1.29, 1.82) is 0 Å². The molecule has 2 heterocycles. The Bertz CT molecular complexity index is 710. The van der Waals surface area contributed by atoms with E-state index in [0.717, 1.165) is 22.0 Å². The van der Waals surface area contributed by atoms with Crippen molar-refractivity contribution < 1.29 is 4.79 Å². The van der Waals surface area contributed by atoms with Gasteiger partial charge in [0.2, 0.25) is 0 Å². The lowest BCUT2D eigenvalue weighted by Crippen LogP contribution is -2.52. The molecule has 0 atom stereocenters. The maximum atomic E-state index is 13.2. The Morgan fingerprint density at radius 1 is 1.26 bits per heavy atom. The molecular formula is C18H23N3OS. The van der Waals surface area contributed by atoms with Crippen LogP contribution in [0, 0.1) is 6.92 Å². The number of hydrogen-bond donors (Lipinski definition) is 0. The van der Waals surface area contributed by atoms with Gasteiger partial charge in [-0.3, -0.25) is 4.79 Å². The summed E-state index contributed by atoms with van der Waals surface area (Å²) in [6, 6.07) is 2.95. The maximum Gasteiger partial charge on any atom is 0.270 e. The van der Waals surface area contributed by atoms with Crippen molar-refractivity contribution in [3.63, 3.8) is 0 Å². The van der Waals surface area contributed by atoms with E-state index < -0.39 is 0 Å². The van der Waals surface area contributed by atoms with Gasteiger partial charge >= 0.3 is 0 Å². The summed E-state index contributed by atoms with van der Waals surface area (Å²) in [6.07, 6.45) is 9.24. The Labute approximate surface area is 141 Å². The Morgan fingerprint density at radius 2 is 1.91 bits per heavy atom. The number of rotatable bonds is 4. The first-order valence-electron chi connectivity index (χ1n) is 8.55. The van der Waals surface area contributed by atoms with E-state index in [9.17, 15) is 4.79 Å². The third-order valence-corrected chi connectivity index (χ3v) is 6.08. The van der Waals surface area contributed by atoms with Crippen molar-refractivity contribution in [3.8, 4) is 11.3 Å². The molecule has 0 aromatic carbocycles. The summed E-state index contributed by atoms with van der Waals surface area (Å²) in [5, 5.41) is 3.12. The summed E-state index contributed by atoms with van der Waals surface area (Å²) >= 11 is 1.65. The minimum absolute atomic E-state index is 0.208. The Balaban J connectivity index is 1.63. The molecule has 23 heavy (non-hydrogen) atoms. The second kappa shape index (κ2) is 5.78. The second-order valence-corrected chi connectivity index (χ2v) is 7.92. The average molecular weight is 329 g/mol. The van der Waals surface area contributed by atoms with Crippen LogP contribution in [0.3, 0.4) is 0 Å². The highest BCUT2D eigenvalue weighted by Gasteiger charge is 2.38. The fourth-order valence-electron chi connectivity index (χ4n) is 3.51. The summed E-state index contributed by atoms with van der Waals surface area (Å²) in [5.74, 6) is 0.208. The molecule has 2 aliphatic rings. The molecular weight excluding hydrogens is 306 g/mol. The summed E-state index contributed by atoms with van der Waals surface area (Å²) in [7, 11) is 1.97. The van der Waals surface area contributed by atoms with E-state index in [4.69, 9.17) is 0 Å². The highest BCUT2D eigenvalue weighted by Crippen LogP contribution is 2.35. The van der Waals surface area contributed by atoms with E-state index in [1.54, 1.807) is 11.3 Å². The highest BCUT2D eigenvalue weighted by atomic mass is 32.1. The normalized spacial score (nSPS) is 18.5. The van der Waals surface area contributed by atoms with Gasteiger partial charge in [0, 0.05) is 36.3 Å². The minimum Gasteiger partial charge on any atom is -0.346 e. The SMILES string of the molecule is Cc1nc(-c2cc(C(=O)N(C3CCC3)C3CCC3)n(C)c2)cs1. The lowest BCUT2D eigenvalue weighted by atomic mass is 9.84. The fraction of sp³-hybridized carbons (Fsp3) is 0.556. The number of aromatic nitrogens is 2. The number of amides is 1. The van der Waals surface area contributed by atoms with E-state index >= 15 is 0 Å². The zero-order chi connectivity index (χ0) is 16.0. The van der Waals surface area contributed by atoms with Crippen LogP contribution in [0.15, 0.2) is 17.6 Å². The molecule has 2 aliphatic carbocycles. The molecule has 0 spiro atoms. The van der Waals surface area contributed by atoms with Gasteiger partial charge in [-0.25, -0.2) is 4.98 Å². The average Bonchev–Trinajstić information content (AvgIpc) is 2.99. The van der Waals surface area contributed by atoms with Crippen LogP contribution >= 0.6 is 11.3 Å². The van der Waals surface area contributed by atoms with Crippen molar-refractivity contribution in [2.24, 2.45) is 7.05 Å². The van der Waals surface area contributed by atoms with Crippen molar-refractivity contribution in [2.45, 2.75) is 57.5 Å². The third kappa shape index (κ3) is 2.61. The van der Waals surface area contributed by atoms with Gasteiger partial charge in [-0.15, -0.1) is 11.3 Å². The summed E-state index contributed by atoms with van der Waals surface area (Å²) in [4.78, 5) is 19.9. The lowest BCUT2D eigenvalue weighted by Gasteiger charge is -2.46. The van der Waals surface area contributed by atoms with Gasteiger partial charge in [-0.1, -0.05) is 0 Å². The van der Waals surface area contributed by atoms with Crippen LogP contribution in [0.1, 0.15) is 54.0 Å². The number of carbonyl (C=O) groups excluding carboxylic acids is 1. The van der Waals surface area contributed by atoms with E-state index in [2.05, 4.69) is 15.3 Å². The maximum absolute atomic E-state index is 13.2. The highest BCUT2D eigenvalue weighted by molar-refractivity contribution is 7.09. The standard InChI is InChI=1S/C18H23N3OS/c1-12-19-16(11-23-12)13-9-17(20(2)10-13)18(22)21(14-5-3-6-14)15-7-4-8-15/h9-11,14-15H,3-8H2,1-2H3. The molecule has 0 unspecified atom stereocenters. The molecule has 0 aliphatic heterocycles. The number of aryl methyl sites for hydroxylation is 2. The Kier molecular flexibility index (Phi) is 3.76. The van der Waals surface area contributed by atoms with Crippen LogP contribution in [0.4, 0.5) is 0 Å². The predicted octanol–water partition coefficient (Wildman–Crippen LogP) is 4.00. The number of carbonyl (C=O) groups is 1. The third-order valence-electron chi connectivity index (χ3n) is 5.31. The first-order chi connectivity index (χ1) is 11.1. The van der Waals surface area contributed by atoms with E-state index in [1.165, 1.54) is 38.5 Å². The van der Waals surface area contributed by atoms with Crippen molar-refractivity contribution in [1.82, 2.24) is 14.5 Å². The molecule has 2 aromatic heterocycles. The molecule has 1 amide bonds. The zero-order valence-electron chi connectivity index (χ0n) is 13.8. The van der Waals surface area contributed by atoms with Gasteiger partial charge in [-0.05, 0) is 51.5 Å². The molecule has 2 saturated carbocycles. The summed E-state index contributed by atoms with van der Waals surface area (Å²) in [6.45, 7) is 2.01. The summed E-state index contributed by atoms with van der Waals surface area (Å²) in [5.41, 5.74) is 2.81. The van der Waals surface area contributed by atoms with Crippen LogP contribution in [0.5, 0.6) is 0 Å². The van der Waals surface area contributed by atoms with Crippen LogP contribution < -0.4 is 0 Å². The Morgan fingerprint density at radius 3 is 2.39 bits per heavy atom. The molecule has 5 heteroatoms. The monoisotopic (exact) mass is 329 g/mol. The first-order valence-corrected chi connectivity index (χ1v) is 9.43. The minimum atomic E-state index is 0.208. The largest absolute Gasteiger partial charge is 0.346 e. The van der Waals surface area contributed by atoms with Crippen LogP contribution in [-0.4, -0.2) is 32.4 Å². The quantitative estimate of drug-likeness (QED) is 0.850. The van der Waals surface area contributed by atoms with Crippen molar-refractivity contribution >= 4 is 17.2 Å². The molecule has 0 saturated heterocycles. The molecule has 122 valence electrons. The van der Waals surface area contributed by atoms with Gasteiger partial charge in [0.1, 0.15) is 5.69 Å². The Hall–Kier alpha value is -1.62. The lowest BCUT2D eigenvalue weighted by molar-refractivity contribution is 0.0276. The van der Waals surface area contributed by atoms with Crippen molar-refractivity contribution in [2.75, 3.05) is 0 Å². The molecule has 0 radical (unpaired) electrons. The van der Waals surface area contributed by atoms with Gasteiger partial charge in [0.25, 0.3) is 5.91 Å². The van der Waals surface area contributed by atoms with Gasteiger partial charge in [0.15, 0.2) is 0 Å². The molecule has 4 nitrogen and oxygen atoms in total. The fourth-order valence-corrected chi connectivity index (χ4v) is 4.13. The van der Waals surface area contributed by atoms with Gasteiger partial charge in [-0.2, -0.15) is 0 Å². The second-order valence-electron chi connectivity index (χ2n) is 6.86. The zero-order valence-corrected chi connectivity index (χ0v) is 14.6. The first kappa shape index (κ1) is 14.9. The van der Waals surface area contributed by atoms with Crippen LogP contribution in [0.25, 0.3) is 11.3 Å². The van der Waals surface area contributed by atoms with Gasteiger partial charge < -0.3 is 9.47 Å². The topological polar surface area (TPSA) is 38.1 Å². The summed E-state index contributed by atoms with van der Waals surface area (Å²) < 4.78 is 1.97. The van der Waals surface area contributed by atoms with Crippen molar-refractivity contribution in [3.05, 3.63) is 28.3 Å². The molecule has 2 fully saturated rings. The molecule has 4 rings (SSSR count).